The molecule has 0 saturated heterocycles. The normalized spacial score (nSPS) is 10.3. The number of benzene rings is 3. The first-order chi connectivity index (χ1) is 14.2. The largest absolute Gasteiger partial charge is 0.206 e. The van der Waals surface area contributed by atoms with Crippen molar-refractivity contribution in [2.45, 2.75) is 39.0 Å². The predicted octanol–water partition coefficient (Wildman–Crippen LogP) is 7.35. The molecule has 0 heterocycles. The topological polar surface area (TPSA) is 0 Å². The van der Waals surface area contributed by atoms with Crippen LogP contribution in [0.3, 0.4) is 0 Å². The maximum absolute atomic E-state index is 14.3. The van der Waals surface area contributed by atoms with Crippen LogP contribution >= 0.6 is 0 Å². The van der Waals surface area contributed by atoms with Crippen molar-refractivity contribution in [3.8, 4) is 23.0 Å². The SMILES string of the molecule is C=CCCCCc1ccc(C#Cc2ccc(-c3ccc(CC)cc3F)cc2)cc1. The fourth-order valence-corrected chi connectivity index (χ4v) is 3.26. The molecule has 0 amide bonds. The molecule has 0 aliphatic carbocycles. The van der Waals surface area contributed by atoms with E-state index in [9.17, 15) is 4.39 Å². The average Bonchev–Trinajstić information content (AvgIpc) is 2.76. The van der Waals surface area contributed by atoms with Gasteiger partial charge in [-0.15, -0.1) is 6.58 Å². The van der Waals surface area contributed by atoms with Gasteiger partial charge < -0.3 is 0 Å². The Morgan fingerprint density at radius 2 is 1.45 bits per heavy atom. The van der Waals surface area contributed by atoms with Gasteiger partial charge in [0.1, 0.15) is 5.82 Å². The van der Waals surface area contributed by atoms with Crippen LogP contribution in [-0.2, 0) is 12.8 Å². The molecule has 0 aliphatic rings. The van der Waals surface area contributed by atoms with Crippen molar-refractivity contribution in [1.29, 1.82) is 0 Å². The number of rotatable bonds is 7. The second kappa shape index (κ2) is 10.4. The smallest absolute Gasteiger partial charge is 0.131 e. The Balaban J connectivity index is 1.65. The molecule has 3 aromatic rings. The molecule has 0 unspecified atom stereocenters. The maximum atomic E-state index is 14.3. The van der Waals surface area contributed by atoms with Gasteiger partial charge in [-0.3, -0.25) is 0 Å². The van der Waals surface area contributed by atoms with Crippen LogP contribution in [0.4, 0.5) is 4.39 Å². The van der Waals surface area contributed by atoms with E-state index in [1.54, 1.807) is 6.07 Å². The van der Waals surface area contributed by atoms with E-state index < -0.39 is 0 Å². The van der Waals surface area contributed by atoms with Crippen LogP contribution in [0.15, 0.2) is 79.4 Å². The summed E-state index contributed by atoms with van der Waals surface area (Å²) >= 11 is 0. The molecule has 0 atom stereocenters. The molecule has 0 N–H and O–H groups in total. The van der Waals surface area contributed by atoms with E-state index in [1.807, 2.05) is 49.4 Å². The maximum Gasteiger partial charge on any atom is 0.131 e. The molecule has 0 aliphatic heterocycles. The highest BCUT2D eigenvalue weighted by Crippen LogP contribution is 2.24. The average molecular weight is 383 g/mol. The van der Waals surface area contributed by atoms with E-state index in [2.05, 4.69) is 42.7 Å². The van der Waals surface area contributed by atoms with Gasteiger partial charge in [0.25, 0.3) is 0 Å². The van der Waals surface area contributed by atoms with Crippen LogP contribution in [0.1, 0.15) is 48.4 Å². The molecule has 0 saturated carbocycles. The molecule has 0 radical (unpaired) electrons. The second-order valence-electron chi connectivity index (χ2n) is 7.23. The van der Waals surface area contributed by atoms with Crippen molar-refractivity contribution >= 4 is 0 Å². The summed E-state index contributed by atoms with van der Waals surface area (Å²) < 4.78 is 14.3. The molecule has 0 spiro atoms. The summed E-state index contributed by atoms with van der Waals surface area (Å²) in [7, 11) is 0. The van der Waals surface area contributed by atoms with Gasteiger partial charge in [-0.1, -0.05) is 61.2 Å². The Kier molecular flexibility index (Phi) is 7.42. The molecule has 1 heteroatoms. The molecule has 146 valence electrons. The first-order valence-corrected chi connectivity index (χ1v) is 10.3. The third kappa shape index (κ3) is 5.93. The zero-order chi connectivity index (χ0) is 20.5. The number of halogens is 1. The fourth-order valence-electron chi connectivity index (χ4n) is 3.26. The van der Waals surface area contributed by atoms with Crippen molar-refractivity contribution in [2.75, 3.05) is 0 Å². The Bertz CT molecular complexity index is 999. The fraction of sp³-hybridized carbons (Fsp3) is 0.214. The standard InChI is InChI=1S/C28H27F/c1-3-5-6-7-8-23-9-11-24(12-10-23)13-14-25-15-18-26(19-16-25)27-20-17-22(4-2)21-28(27)29/h3,9-12,15-21H,1,4-8H2,2H3. The van der Waals surface area contributed by atoms with Gasteiger partial charge in [-0.2, -0.15) is 0 Å². The van der Waals surface area contributed by atoms with E-state index in [4.69, 9.17) is 0 Å². The summed E-state index contributed by atoms with van der Waals surface area (Å²) in [4.78, 5) is 0. The van der Waals surface area contributed by atoms with Crippen LogP contribution in [0.25, 0.3) is 11.1 Å². The molecule has 3 aromatic carbocycles. The van der Waals surface area contributed by atoms with Crippen LogP contribution in [0.2, 0.25) is 0 Å². The van der Waals surface area contributed by atoms with Crippen molar-refractivity contribution in [3.05, 3.63) is 107 Å². The number of hydrogen-bond donors (Lipinski definition) is 0. The van der Waals surface area contributed by atoms with Crippen molar-refractivity contribution in [2.24, 2.45) is 0 Å². The zero-order valence-electron chi connectivity index (χ0n) is 17.0. The quantitative estimate of drug-likeness (QED) is 0.228. The van der Waals surface area contributed by atoms with E-state index >= 15 is 0 Å². The summed E-state index contributed by atoms with van der Waals surface area (Å²) in [5.74, 6) is 6.24. The highest BCUT2D eigenvalue weighted by Gasteiger charge is 2.05. The second-order valence-corrected chi connectivity index (χ2v) is 7.23. The third-order valence-electron chi connectivity index (χ3n) is 5.07. The first kappa shape index (κ1) is 20.6. The van der Waals surface area contributed by atoms with Crippen LogP contribution < -0.4 is 0 Å². The van der Waals surface area contributed by atoms with E-state index in [1.165, 1.54) is 18.4 Å². The Morgan fingerprint density at radius 1 is 0.828 bits per heavy atom. The lowest BCUT2D eigenvalue weighted by atomic mass is 10.0. The lowest BCUT2D eigenvalue weighted by Crippen LogP contribution is -1.88. The van der Waals surface area contributed by atoms with Gasteiger partial charge in [0.05, 0.1) is 0 Å². The monoisotopic (exact) mass is 382 g/mol. The Hall–Kier alpha value is -3.11. The van der Waals surface area contributed by atoms with E-state index in [0.29, 0.717) is 5.56 Å². The number of allylic oxidation sites excluding steroid dienone is 1. The molecular formula is C28H27F. The summed E-state index contributed by atoms with van der Waals surface area (Å²) in [5.41, 5.74) is 5.79. The molecule has 0 bridgehead atoms. The third-order valence-corrected chi connectivity index (χ3v) is 5.07. The lowest BCUT2D eigenvalue weighted by Gasteiger charge is -2.05. The molecule has 3 rings (SSSR count). The van der Waals surface area contributed by atoms with Gasteiger partial charge in [-0.05, 0) is 79.1 Å². The van der Waals surface area contributed by atoms with Gasteiger partial charge >= 0.3 is 0 Å². The summed E-state index contributed by atoms with van der Waals surface area (Å²) in [6.07, 6.45) is 7.36. The summed E-state index contributed by atoms with van der Waals surface area (Å²) in [6, 6.07) is 21.7. The minimum Gasteiger partial charge on any atom is -0.206 e. The predicted molar refractivity (Wildman–Crippen MR) is 121 cm³/mol. The molecule has 0 nitrogen and oxygen atoms in total. The summed E-state index contributed by atoms with van der Waals surface area (Å²) in [6.45, 7) is 5.79. The number of unbranched alkanes of at least 4 members (excludes halogenated alkanes) is 2. The van der Waals surface area contributed by atoms with Crippen molar-refractivity contribution in [3.63, 3.8) is 0 Å². The van der Waals surface area contributed by atoms with Crippen molar-refractivity contribution < 1.29 is 4.39 Å². The van der Waals surface area contributed by atoms with Gasteiger partial charge in [0.15, 0.2) is 0 Å². The molecule has 0 fully saturated rings. The number of hydrogen-bond acceptors (Lipinski definition) is 0. The summed E-state index contributed by atoms with van der Waals surface area (Å²) in [5, 5.41) is 0. The van der Waals surface area contributed by atoms with Crippen LogP contribution in [0.5, 0.6) is 0 Å². The van der Waals surface area contributed by atoms with Crippen molar-refractivity contribution in [1.82, 2.24) is 0 Å². The first-order valence-electron chi connectivity index (χ1n) is 10.3. The van der Waals surface area contributed by atoms with E-state index in [0.717, 1.165) is 41.5 Å². The van der Waals surface area contributed by atoms with Gasteiger partial charge in [0.2, 0.25) is 0 Å². The number of aryl methyl sites for hydroxylation is 2. The zero-order valence-corrected chi connectivity index (χ0v) is 17.0. The van der Waals surface area contributed by atoms with Crippen LogP contribution in [-0.4, -0.2) is 0 Å². The molecule has 29 heavy (non-hydrogen) atoms. The van der Waals surface area contributed by atoms with E-state index in [-0.39, 0.29) is 5.82 Å². The minimum absolute atomic E-state index is 0.173. The highest BCUT2D eigenvalue weighted by molar-refractivity contribution is 5.65. The molecule has 0 aromatic heterocycles. The Morgan fingerprint density at radius 3 is 2.03 bits per heavy atom. The lowest BCUT2D eigenvalue weighted by molar-refractivity contribution is 0.629. The highest BCUT2D eigenvalue weighted by atomic mass is 19.1. The Labute approximate surface area is 174 Å². The minimum atomic E-state index is -0.173. The van der Waals surface area contributed by atoms with Gasteiger partial charge in [-0.25, -0.2) is 4.39 Å². The van der Waals surface area contributed by atoms with Gasteiger partial charge in [0, 0.05) is 16.7 Å². The van der Waals surface area contributed by atoms with Crippen LogP contribution in [0, 0.1) is 17.7 Å². The molecular weight excluding hydrogens is 355 g/mol.